The van der Waals surface area contributed by atoms with Crippen LogP contribution in [0.3, 0.4) is 0 Å². The first-order valence-electron chi connectivity index (χ1n) is 7.22. The molecule has 2 unspecified atom stereocenters. The SMILES string of the molecule is CN(C)C(=O)C1c2c(c(C(=O)O)nn2C)C2CN1C(=O)N2OS(=O)(=O)O. The minimum absolute atomic E-state index is 0.0223. The van der Waals surface area contributed by atoms with E-state index in [0.29, 0.717) is 5.06 Å². The molecular weight excluding hydrogens is 374 g/mol. The van der Waals surface area contributed by atoms with Gasteiger partial charge >= 0.3 is 22.4 Å². The maximum Gasteiger partial charge on any atom is 0.418 e. The highest BCUT2D eigenvalue weighted by atomic mass is 32.3. The molecule has 26 heavy (non-hydrogen) atoms. The molecule has 3 amide bonds. The Labute approximate surface area is 147 Å². The number of likely N-dealkylation sites (N-methyl/N-ethyl adjacent to an activating group) is 1. The molecule has 2 aliphatic heterocycles. The summed E-state index contributed by atoms with van der Waals surface area (Å²) < 4.78 is 36.6. The Morgan fingerprint density at radius 1 is 1.35 bits per heavy atom. The Morgan fingerprint density at radius 3 is 2.46 bits per heavy atom. The fraction of sp³-hybridized carbons (Fsp3) is 0.500. The van der Waals surface area contributed by atoms with Gasteiger partial charge in [0.05, 0.1) is 12.2 Å². The number of aromatic carboxylic acids is 1. The van der Waals surface area contributed by atoms with Crippen molar-refractivity contribution in [1.29, 1.82) is 0 Å². The third-order valence-electron chi connectivity index (χ3n) is 4.17. The molecule has 2 aliphatic rings. The van der Waals surface area contributed by atoms with Crippen LogP contribution in [0.2, 0.25) is 0 Å². The van der Waals surface area contributed by atoms with E-state index in [2.05, 4.69) is 9.38 Å². The van der Waals surface area contributed by atoms with Crippen molar-refractivity contribution in [1.82, 2.24) is 24.6 Å². The highest BCUT2D eigenvalue weighted by molar-refractivity contribution is 7.80. The van der Waals surface area contributed by atoms with Crippen LogP contribution in [0.1, 0.15) is 33.8 Å². The van der Waals surface area contributed by atoms with Crippen molar-refractivity contribution in [3.05, 3.63) is 17.0 Å². The number of hydrogen-bond donors (Lipinski definition) is 2. The molecule has 0 radical (unpaired) electrons. The lowest BCUT2D eigenvalue weighted by atomic mass is 9.94. The molecule has 3 rings (SSSR count). The molecule has 3 heterocycles. The Bertz CT molecular complexity index is 922. The predicted octanol–water partition coefficient (Wildman–Crippen LogP) is -1.23. The van der Waals surface area contributed by atoms with Crippen LogP contribution in [0.25, 0.3) is 0 Å². The summed E-state index contributed by atoms with van der Waals surface area (Å²) in [6.07, 6.45) is 0. The number of carboxylic acids is 1. The summed E-state index contributed by atoms with van der Waals surface area (Å²) in [6.45, 7) is -0.211. The van der Waals surface area contributed by atoms with Crippen molar-refractivity contribution in [2.45, 2.75) is 12.1 Å². The molecular formula is C12H15N5O8S. The number of urea groups is 1. The molecule has 0 aromatic carbocycles. The number of carboxylic acid groups (broad SMARTS) is 1. The van der Waals surface area contributed by atoms with Gasteiger partial charge in [-0.05, 0) is 0 Å². The van der Waals surface area contributed by atoms with Gasteiger partial charge in [-0.2, -0.15) is 18.6 Å². The normalized spacial score (nSPS) is 21.8. The lowest BCUT2D eigenvalue weighted by Crippen LogP contribution is -2.44. The van der Waals surface area contributed by atoms with Crippen LogP contribution in [0, 0.1) is 0 Å². The minimum Gasteiger partial charge on any atom is -0.476 e. The third-order valence-corrected chi connectivity index (χ3v) is 4.52. The van der Waals surface area contributed by atoms with E-state index in [1.807, 2.05) is 0 Å². The Morgan fingerprint density at radius 2 is 1.96 bits per heavy atom. The molecule has 2 atom stereocenters. The van der Waals surface area contributed by atoms with E-state index in [4.69, 9.17) is 4.55 Å². The number of amides is 3. The molecule has 1 aromatic rings. The molecule has 142 valence electrons. The van der Waals surface area contributed by atoms with Crippen LogP contribution in [0.15, 0.2) is 0 Å². The summed E-state index contributed by atoms with van der Waals surface area (Å²) in [4.78, 5) is 39.0. The van der Waals surface area contributed by atoms with Crippen LogP contribution in [0.4, 0.5) is 4.79 Å². The number of hydrogen-bond acceptors (Lipinski definition) is 7. The molecule has 2 N–H and O–H groups in total. The van der Waals surface area contributed by atoms with Crippen molar-refractivity contribution in [2.75, 3.05) is 20.6 Å². The highest BCUT2D eigenvalue weighted by Crippen LogP contribution is 2.45. The van der Waals surface area contributed by atoms with Crippen molar-refractivity contribution >= 4 is 28.3 Å². The molecule has 1 saturated heterocycles. The summed E-state index contributed by atoms with van der Waals surface area (Å²) in [7, 11) is -0.737. The quantitative estimate of drug-likeness (QED) is 0.600. The van der Waals surface area contributed by atoms with Gasteiger partial charge in [0.1, 0.15) is 6.04 Å². The number of aryl methyl sites for hydroxylation is 1. The number of rotatable bonds is 4. The molecule has 2 bridgehead atoms. The van der Waals surface area contributed by atoms with Gasteiger partial charge in [-0.1, -0.05) is 0 Å². The molecule has 14 heteroatoms. The number of aromatic nitrogens is 2. The monoisotopic (exact) mass is 389 g/mol. The van der Waals surface area contributed by atoms with Gasteiger partial charge in [-0.25, -0.2) is 9.59 Å². The lowest BCUT2D eigenvalue weighted by molar-refractivity contribution is -0.134. The Balaban J connectivity index is 2.24. The third kappa shape index (κ3) is 2.58. The molecule has 0 spiro atoms. The van der Waals surface area contributed by atoms with Crippen molar-refractivity contribution in [2.24, 2.45) is 7.05 Å². The van der Waals surface area contributed by atoms with E-state index in [1.54, 1.807) is 0 Å². The maximum absolute atomic E-state index is 12.6. The van der Waals surface area contributed by atoms with Gasteiger partial charge in [0, 0.05) is 26.7 Å². The summed E-state index contributed by atoms with van der Waals surface area (Å²) >= 11 is 0. The second kappa shape index (κ2) is 5.65. The Kier molecular flexibility index (Phi) is 3.93. The van der Waals surface area contributed by atoms with Crippen LogP contribution < -0.4 is 0 Å². The van der Waals surface area contributed by atoms with Gasteiger partial charge in [0.2, 0.25) is 0 Å². The first-order valence-corrected chi connectivity index (χ1v) is 8.58. The smallest absolute Gasteiger partial charge is 0.418 e. The van der Waals surface area contributed by atoms with Crippen molar-refractivity contribution in [3.8, 4) is 0 Å². The number of nitrogens with zero attached hydrogens (tertiary/aromatic N) is 5. The average Bonchev–Trinajstić information content (AvgIpc) is 2.98. The molecule has 1 fully saturated rings. The molecule has 13 nitrogen and oxygen atoms in total. The standard InChI is InChI=1S/C12H15N5O8S/c1-14(2)10(18)9-8-6(7(11(19)20)13-15(8)3)5-4-16(9)12(21)17(5)25-26(22,23)24/h5,9H,4H2,1-3H3,(H,19,20)(H,22,23,24). The molecule has 0 saturated carbocycles. The van der Waals surface area contributed by atoms with Gasteiger partial charge in [0.15, 0.2) is 11.7 Å². The van der Waals surface area contributed by atoms with E-state index >= 15 is 0 Å². The van der Waals surface area contributed by atoms with Gasteiger partial charge in [-0.15, -0.1) is 4.28 Å². The minimum atomic E-state index is -5.05. The fourth-order valence-corrected chi connectivity index (χ4v) is 3.59. The summed E-state index contributed by atoms with van der Waals surface area (Å²) in [5.41, 5.74) is -0.333. The number of carbonyl (C=O) groups is 3. The average molecular weight is 389 g/mol. The zero-order valence-electron chi connectivity index (χ0n) is 13.9. The molecule has 1 aromatic heterocycles. The Hall–Kier alpha value is -2.71. The van der Waals surface area contributed by atoms with E-state index in [1.165, 1.54) is 26.0 Å². The second-order valence-corrected chi connectivity index (χ2v) is 6.99. The summed E-state index contributed by atoms with van der Waals surface area (Å²) in [6, 6.07) is -3.39. The number of carbonyl (C=O) groups excluding carboxylic acids is 2. The van der Waals surface area contributed by atoms with Crippen molar-refractivity contribution in [3.63, 3.8) is 0 Å². The van der Waals surface area contributed by atoms with Crippen LogP contribution in [-0.2, 0) is 26.5 Å². The topological polar surface area (TPSA) is 163 Å². The first-order chi connectivity index (χ1) is 11.9. The summed E-state index contributed by atoms with van der Waals surface area (Å²) in [5, 5.41) is 13.6. The first kappa shape index (κ1) is 18.1. The van der Waals surface area contributed by atoms with E-state index in [0.717, 1.165) is 9.58 Å². The van der Waals surface area contributed by atoms with Gasteiger partial charge < -0.3 is 14.9 Å². The zero-order valence-corrected chi connectivity index (χ0v) is 14.7. The van der Waals surface area contributed by atoms with E-state index in [9.17, 15) is 27.9 Å². The van der Waals surface area contributed by atoms with E-state index in [-0.39, 0.29) is 17.8 Å². The molecule has 0 aliphatic carbocycles. The number of fused-ring (bicyclic) bond motifs is 4. The van der Waals surface area contributed by atoms with Crippen LogP contribution >= 0.6 is 0 Å². The summed E-state index contributed by atoms with van der Waals surface area (Å²) in [5.74, 6) is -1.95. The number of hydroxylamine groups is 2. The predicted molar refractivity (Wildman–Crippen MR) is 80.9 cm³/mol. The van der Waals surface area contributed by atoms with Gasteiger partial charge in [-0.3, -0.25) is 14.0 Å². The fourth-order valence-electron chi connectivity index (χ4n) is 3.21. The van der Waals surface area contributed by atoms with Crippen LogP contribution in [0.5, 0.6) is 0 Å². The van der Waals surface area contributed by atoms with Crippen LogP contribution in [-0.4, -0.2) is 81.3 Å². The van der Waals surface area contributed by atoms with Gasteiger partial charge in [0.25, 0.3) is 5.91 Å². The zero-order chi connectivity index (χ0) is 19.5. The maximum atomic E-state index is 12.6. The highest BCUT2D eigenvalue weighted by Gasteiger charge is 2.55. The largest absolute Gasteiger partial charge is 0.476 e. The van der Waals surface area contributed by atoms with E-state index < -0.39 is 46.1 Å². The second-order valence-electron chi connectivity index (χ2n) is 5.99. The lowest BCUT2D eigenvalue weighted by Gasteiger charge is -2.31. The van der Waals surface area contributed by atoms with Crippen molar-refractivity contribution < 1.29 is 36.7 Å².